The van der Waals surface area contributed by atoms with Crippen LogP contribution in [0.1, 0.15) is 20.7 Å². The van der Waals surface area contributed by atoms with Gasteiger partial charge in [-0.05, 0) is 24.3 Å². The molecular formula is C16H20N2O4. The zero-order chi connectivity index (χ0) is 16.8. The van der Waals surface area contributed by atoms with E-state index in [1.807, 2.05) is 0 Å². The molecular weight excluding hydrogens is 284 g/mol. The molecule has 0 heterocycles. The van der Waals surface area contributed by atoms with Crippen molar-refractivity contribution in [2.45, 2.75) is 0 Å². The highest BCUT2D eigenvalue weighted by molar-refractivity contribution is 5.87. The molecule has 0 aliphatic rings. The van der Waals surface area contributed by atoms with Gasteiger partial charge in [0, 0.05) is 13.1 Å². The van der Waals surface area contributed by atoms with E-state index in [0.717, 1.165) is 0 Å². The first-order valence-electron chi connectivity index (χ1n) is 6.49. The van der Waals surface area contributed by atoms with Crippen molar-refractivity contribution in [3.05, 3.63) is 71.8 Å². The summed E-state index contributed by atoms with van der Waals surface area (Å²) in [5.74, 6) is -1.76. The van der Waals surface area contributed by atoms with Gasteiger partial charge in [0.25, 0.3) is 0 Å². The Morgan fingerprint density at radius 2 is 0.955 bits per heavy atom. The quantitative estimate of drug-likeness (QED) is 0.683. The molecule has 0 aliphatic carbocycles. The Bertz CT molecular complexity index is 493. The van der Waals surface area contributed by atoms with Crippen molar-refractivity contribution < 1.29 is 19.8 Å². The van der Waals surface area contributed by atoms with Gasteiger partial charge in [-0.2, -0.15) is 0 Å². The van der Waals surface area contributed by atoms with Crippen LogP contribution in [-0.4, -0.2) is 35.2 Å². The zero-order valence-corrected chi connectivity index (χ0v) is 12.1. The third-order valence-corrected chi connectivity index (χ3v) is 2.21. The number of carbonyl (C=O) groups is 2. The first-order chi connectivity index (χ1) is 10.5. The van der Waals surface area contributed by atoms with Gasteiger partial charge in [-0.15, -0.1) is 0 Å². The van der Waals surface area contributed by atoms with Crippen LogP contribution in [-0.2, 0) is 0 Å². The molecule has 6 heteroatoms. The Kier molecular flexibility index (Phi) is 10.6. The van der Waals surface area contributed by atoms with Gasteiger partial charge in [-0.3, -0.25) is 0 Å². The van der Waals surface area contributed by atoms with Crippen LogP contribution in [0.4, 0.5) is 0 Å². The standard InChI is InChI=1S/2C7H6O2.C2H8N2/c2*8-7(9)6-4-2-1-3-5-6;3-1-2-4/h2*1-5H,(H,8,9);1-4H2. The summed E-state index contributed by atoms with van der Waals surface area (Å²) in [7, 11) is 0. The third kappa shape index (κ3) is 9.24. The summed E-state index contributed by atoms with van der Waals surface area (Å²) in [5, 5.41) is 16.8. The number of aromatic carboxylic acids is 2. The first-order valence-corrected chi connectivity index (χ1v) is 6.49. The lowest BCUT2D eigenvalue weighted by Gasteiger charge is -1.88. The Morgan fingerprint density at radius 3 is 1.09 bits per heavy atom. The lowest BCUT2D eigenvalue weighted by molar-refractivity contribution is 0.0686. The summed E-state index contributed by atoms with van der Waals surface area (Å²) >= 11 is 0. The number of rotatable bonds is 3. The molecule has 0 saturated carbocycles. The number of carboxylic acid groups (broad SMARTS) is 2. The molecule has 0 aliphatic heterocycles. The predicted molar refractivity (Wildman–Crippen MR) is 84.9 cm³/mol. The number of nitrogens with two attached hydrogens (primary N) is 2. The predicted octanol–water partition coefficient (Wildman–Crippen LogP) is 1.67. The fourth-order valence-corrected chi connectivity index (χ4v) is 1.16. The molecule has 6 N–H and O–H groups in total. The highest BCUT2D eigenvalue weighted by atomic mass is 16.4. The van der Waals surface area contributed by atoms with E-state index >= 15 is 0 Å². The van der Waals surface area contributed by atoms with Crippen molar-refractivity contribution >= 4 is 11.9 Å². The normalized spacial score (nSPS) is 8.64. The van der Waals surface area contributed by atoms with Crippen LogP contribution in [0.3, 0.4) is 0 Å². The molecule has 0 radical (unpaired) electrons. The Hall–Kier alpha value is -2.70. The maximum atomic E-state index is 10.2. The molecule has 118 valence electrons. The number of benzene rings is 2. The Labute approximate surface area is 129 Å². The van der Waals surface area contributed by atoms with Crippen LogP contribution in [0, 0.1) is 0 Å². The minimum Gasteiger partial charge on any atom is -0.478 e. The summed E-state index contributed by atoms with van der Waals surface area (Å²) < 4.78 is 0. The van der Waals surface area contributed by atoms with Crippen LogP contribution in [0.2, 0.25) is 0 Å². The van der Waals surface area contributed by atoms with E-state index < -0.39 is 11.9 Å². The van der Waals surface area contributed by atoms with Crippen molar-refractivity contribution in [2.75, 3.05) is 13.1 Å². The molecule has 2 aromatic carbocycles. The van der Waals surface area contributed by atoms with Gasteiger partial charge in [0.2, 0.25) is 0 Å². The van der Waals surface area contributed by atoms with E-state index in [9.17, 15) is 9.59 Å². The summed E-state index contributed by atoms with van der Waals surface area (Å²) in [4.78, 5) is 20.4. The molecule has 2 aromatic rings. The second kappa shape index (κ2) is 12.1. The fraction of sp³-hybridized carbons (Fsp3) is 0.125. The SMILES string of the molecule is NCCN.O=C(O)c1ccccc1.O=C(O)c1ccccc1. The Morgan fingerprint density at radius 1 is 0.682 bits per heavy atom. The average molecular weight is 304 g/mol. The molecule has 0 fully saturated rings. The van der Waals surface area contributed by atoms with Gasteiger partial charge in [0.1, 0.15) is 0 Å². The van der Waals surface area contributed by atoms with E-state index in [1.54, 1.807) is 60.7 Å². The molecule has 0 atom stereocenters. The highest BCUT2D eigenvalue weighted by Crippen LogP contribution is 1.96. The summed E-state index contributed by atoms with van der Waals surface area (Å²) in [5.41, 5.74) is 10.5. The van der Waals surface area contributed by atoms with Crippen LogP contribution in [0.5, 0.6) is 0 Å². The summed E-state index contributed by atoms with van der Waals surface area (Å²) in [6.07, 6.45) is 0. The molecule has 2 rings (SSSR count). The minimum absolute atomic E-state index is 0.331. The molecule has 0 unspecified atom stereocenters. The van der Waals surface area contributed by atoms with Gasteiger partial charge in [-0.25, -0.2) is 9.59 Å². The number of carboxylic acids is 2. The molecule has 0 saturated heterocycles. The summed E-state index contributed by atoms with van der Waals surface area (Å²) in [6.45, 7) is 1.19. The monoisotopic (exact) mass is 304 g/mol. The topological polar surface area (TPSA) is 127 Å². The number of hydrogen-bond donors (Lipinski definition) is 4. The molecule has 0 aromatic heterocycles. The molecule has 0 amide bonds. The van der Waals surface area contributed by atoms with Crippen LogP contribution >= 0.6 is 0 Å². The van der Waals surface area contributed by atoms with Gasteiger partial charge < -0.3 is 21.7 Å². The van der Waals surface area contributed by atoms with Crippen molar-refractivity contribution in [3.63, 3.8) is 0 Å². The lowest BCUT2D eigenvalue weighted by atomic mass is 10.2. The van der Waals surface area contributed by atoms with E-state index in [1.165, 1.54) is 0 Å². The van der Waals surface area contributed by atoms with Crippen molar-refractivity contribution in [1.82, 2.24) is 0 Å². The number of hydrogen-bond acceptors (Lipinski definition) is 4. The lowest BCUT2D eigenvalue weighted by Crippen LogP contribution is -2.11. The van der Waals surface area contributed by atoms with E-state index in [4.69, 9.17) is 21.7 Å². The van der Waals surface area contributed by atoms with E-state index in [2.05, 4.69) is 0 Å². The minimum atomic E-state index is -0.879. The molecule has 0 spiro atoms. The van der Waals surface area contributed by atoms with E-state index in [-0.39, 0.29) is 0 Å². The van der Waals surface area contributed by atoms with E-state index in [0.29, 0.717) is 24.2 Å². The largest absolute Gasteiger partial charge is 0.478 e. The molecule has 22 heavy (non-hydrogen) atoms. The van der Waals surface area contributed by atoms with Crippen molar-refractivity contribution in [3.8, 4) is 0 Å². The highest BCUT2D eigenvalue weighted by Gasteiger charge is 1.97. The molecule has 6 nitrogen and oxygen atoms in total. The second-order valence-electron chi connectivity index (χ2n) is 3.92. The Balaban J connectivity index is 0.000000326. The van der Waals surface area contributed by atoms with Gasteiger partial charge >= 0.3 is 11.9 Å². The molecule has 0 bridgehead atoms. The average Bonchev–Trinajstić information content (AvgIpc) is 2.57. The maximum absolute atomic E-state index is 10.2. The maximum Gasteiger partial charge on any atom is 0.335 e. The van der Waals surface area contributed by atoms with Crippen LogP contribution in [0.15, 0.2) is 60.7 Å². The first kappa shape index (κ1) is 19.3. The van der Waals surface area contributed by atoms with Gasteiger partial charge in [-0.1, -0.05) is 36.4 Å². The van der Waals surface area contributed by atoms with Crippen LogP contribution < -0.4 is 11.5 Å². The van der Waals surface area contributed by atoms with Gasteiger partial charge in [0.15, 0.2) is 0 Å². The summed E-state index contributed by atoms with van der Waals surface area (Å²) in [6, 6.07) is 16.6. The second-order valence-corrected chi connectivity index (χ2v) is 3.92. The van der Waals surface area contributed by atoms with Gasteiger partial charge in [0.05, 0.1) is 11.1 Å². The third-order valence-electron chi connectivity index (χ3n) is 2.21. The van der Waals surface area contributed by atoms with Crippen molar-refractivity contribution in [1.29, 1.82) is 0 Å². The van der Waals surface area contributed by atoms with Crippen molar-refractivity contribution in [2.24, 2.45) is 11.5 Å². The van der Waals surface area contributed by atoms with Crippen LogP contribution in [0.25, 0.3) is 0 Å². The smallest absolute Gasteiger partial charge is 0.335 e. The zero-order valence-electron chi connectivity index (χ0n) is 12.1. The fourth-order valence-electron chi connectivity index (χ4n) is 1.16.